The zero-order chi connectivity index (χ0) is 21.2. The standard InChI is InChI=1S/C21H24ClN5O2/c1-13(29-18-9-16(22)11-24-19(18)23)14-6-5-7-17(8-14)26-20(28)15-10-25-27(12-15)21(2,3)4/h5-13H,1-4H3,(H2,23,24)(H,26,28)/t13-/m1/s1. The molecule has 0 spiro atoms. The molecule has 3 aromatic rings. The van der Waals surface area contributed by atoms with Crippen LogP contribution in [0.15, 0.2) is 48.9 Å². The number of halogens is 1. The molecule has 0 fully saturated rings. The van der Waals surface area contributed by atoms with Gasteiger partial charge in [-0.3, -0.25) is 9.48 Å². The Hall–Kier alpha value is -3.06. The summed E-state index contributed by atoms with van der Waals surface area (Å²) in [6.07, 6.45) is 4.44. The number of nitrogens with zero attached hydrogens (tertiary/aromatic N) is 3. The van der Waals surface area contributed by atoms with E-state index < -0.39 is 0 Å². The van der Waals surface area contributed by atoms with Crippen molar-refractivity contribution < 1.29 is 9.53 Å². The summed E-state index contributed by atoms with van der Waals surface area (Å²) >= 11 is 5.96. The fourth-order valence-electron chi connectivity index (χ4n) is 2.66. The second-order valence-corrected chi connectivity index (χ2v) is 8.16. The number of carbonyl (C=O) groups is 1. The quantitative estimate of drug-likeness (QED) is 0.634. The van der Waals surface area contributed by atoms with Gasteiger partial charge in [0.2, 0.25) is 0 Å². The van der Waals surface area contributed by atoms with Gasteiger partial charge in [-0.15, -0.1) is 0 Å². The Morgan fingerprint density at radius 3 is 2.72 bits per heavy atom. The fraction of sp³-hybridized carbons (Fsp3) is 0.286. The number of hydrogen-bond donors (Lipinski definition) is 2. The molecule has 1 amide bonds. The highest BCUT2D eigenvalue weighted by Crippen LogP contribution is 2.29. The van der Waals surface area contributed by atoms with Gasteiger partial charge in [-0.2, -0.15) is 5.10 Å². The molecule has 0 bridgehead atoms. The summed E-state index contributed by atoms with van der Waals surface area (Å²) in [4.78, 5) is 16.6. The van der Waals surface area contributed by atoms with Crippen LogP contribution in [-0.2, 0) is 5.54 Å². The van der Waals surface area contributed by atoms with Crippen LogP contribution in [0.25, 0.3) is 0 Å². The predicted octanol–water partition coefficient (Wildman–Crippen LogP) is 4.66. The Labute approximate surface area is 174 Å². The number of benzene rings is 1. The summed E-state index contributed by atoms with van der Waals surface area (Å²) in [5, 5.41) is 7.60. The van der Waals surface area contributed by atoms with Crippen molar-refractivity contribution in [2.75, 3.05) is 11.1 Å². The first-order valence-electron chi connectivity index (χ1n) is 9.17. The first-order valence-corrected chi connectivity index (χ1v) is 9.55. The molecule has 0 saturated heterocycles. The van der Waals surface area contributed by atoms with E-state index >= 15 is 0 Å². The second-order valence-electron chi connectivity index (χ2n) is 7.72. The third-order valence-corrected chi connectivity index (χ3v) is 4.50. The summed E-state index contributed by atoms with van der Waals surface area (Å²) in [5.41, 5.74) is 7.67. The lowest BCUT2D eigenvalue weighted by Crippen LogP contribution is -2.22. The molecule has 2 aromatic heterocycles. The van der Waals surface area contributed by atoms with Crippen LogP contribution >= 0.6 is 11.6 Å². The molecule has 8 heteroatoms. The minimum absolute atomic E-state index is 0.192. The van der Waals surface area contributed by atoms with Crippen molar-refractivity contribution in [1.82, 2.24) is 14.8 Å². The molecule has 0 aliphatic carbocycles. The van der Waals surface area contributed by atoms with Gasteiger partial charge in [-0.1, -0.05) is 23.7 Å². The Kier molecular flexibility index (Phi) is 5.79. The summed E-state index contributed by atoms with van der Waals surface area (Å²) in [6.45, 7) is 7.95. The van der Waals surface area contributed by atoms with E-state index in [1.54, 1.807) is 23.1 Å². The molecular weight excluding hydrogens is 390 g/mol. The molecule has 0 aliphatic heterocycles. The summed E-state index contributed by atoms with van der Waals surface area (Å²) < 4.78 is 7.66. The number of anilines is 2. The van der Waals surface area contributed by atoms with Crippen molar-refractivity contribution in [1.29, 1.82) is 0 Å². The number of nitrogens with two attached hydrogens (primary N) is 1. The van der Waals surface area contributed by atoms with Crippen LogP contribution in [-0.4, -0.2) is 20.7 Å². The molecule has 0 saturated carbocycles. The summed E-state index contributed by atoms with van der Waals surface area (Å²) in [7, 11) is 0. The van der Waals surface area contributed by atoms with E-state index in [9.17, 15) is 4.79 Å². The highest BCUT2D eigenvalue weighted by molar-refractivity contribution is 6.30. The van der Waals surface area contributed by atoms with Gasteiger partial charge in [0.05, 0.1) is 22.3 Å². The molecule has 2 heterocycles. The number of pyridine rings is 1. The Morgan fingerprint density at radius 2 is 2.03 bits per heavy atom. The second kappa shape index (κ2) is 8.13. The van der Waals surface area contributed by atoms with Gasteiger partial charge >= 0.3 is 0 Å². The smallest absolute Gasteiger partial charge is 0.258 e. The van der Waals surface area contributed by atoms with E-state index in [0.717, 1.165) is 5.56 Å². The minimum atomic E-state index is -0.321. The van der Waals surface area contributed by atoms with E-state index in [4.69, 9.17) is 22.1 Å². The van der Waals surface area contributed by atoms with E-state index in [-0.39, 0.29) is 23.4 Å². The largest absolute Gasteiger partial charge is 0.482 e. The van der Waals surface area contributed by atoms with Crippen LogP contribution < -0.4 is 15.8 Å². The van der Waals surface area contributed by atoms with Gasteiger partial charge in [0, 0.05) is 24.1 Å². The van der Waals surface area contributed by atoms with Crippen LogP contribution in [0.2, 0.25) is 5.02 Å². The maximum Gasteiger partial charge on any atom is 0.258 e. The monoisotopic (exact) mass is 413 g/mol. The molecule has 29 heavy (non-hydrogen) atoms. The number of nitrogens with one attached hydrogen (secondary N) is 1. The van der Waals surface area contributed by atoms with Crippen molar-refractivity contribution in [3.8, 4) is 5.75 Å². The molecule has 0 unspecified atom stereocenters. The van der Waals surface area contributed by atoms with Crippen LogP contribution in [0.4, 0.5) is 11.5 Å². The van der Waals surface area contributed by atoms with E-state index in [1.807, 2.05) is 52.0 Å². The highest BCUT2D eigenvalue weighted by atomic mass is 35.5. The van der Waals surface area contributed by atoms with Crippen LogP contribution in [0.3, 0.4) is 0 Å². The van der Waals surface area contributed by atoms with Gasteiger partial charge < -0.3 is 15.8 Å². The number of nitrogen functional groups attached to an aromatic ring is 1. The number of hydrogen-bond acceptors (Lipinski definition) is 5. The third-order valence-electron chi connectivity index (χ3n) is 4.30. The van der Waals surface area contributed by atoms with E-state index in [0.29, 0.717) is 22.0 Å². The van der Waals surface area contributed by atoms with Crippen molar-refractivity contribution in [2.24, 2.45) is 0 Å². The highest BCUT2D eigenvalue weighted by Gasteiger charge is 2.17. The number of rotatable bonds is 5. The first kappa shape index (κ1) is 20.7. The zero-order valence-electron chi connectivity index (χ0n) is 16.8. The van der Waals surface area contributed by atoms with Crippen molar-refractivity contribution in [3.05, 3.63) is 65.1 Å². The maximum absolute atomic E-state index is 12.6. The topological polar surface area (TPSA) is 95.1 Å². The summed E-state index contributed by atoms with van der Waals surface area (Å²) in [6, 6.07) is 9.05. The number of carbonyl (C=O) groups excluding carboxylic acids is 1. The Balaban J connectivity index is 1.72. The van der Waals surface area contributed by atoms with Gasteiger partial charge in [-0.05, 0) is 45.4 Å². The van der Waals surface area contributed by atoms with E-state index in [2.05, 4.69) is 15.4 Å². The predicted molar refractivity (Wildman–Crippen MR) is 114 cm³/mol. The Morgan fingerprint density at radius 1 is 1.28 bits per heavy atom. The zero-order valence-corrected chi connectivity index (χ0v) is 17.6. The molecule has 3 N–H and O–H groups in total. The van der Waals surface area contributed by atoms with Crippen molar-refractivity contribution >= 4 is 29.0 Å². The number of aromatic nitrogens is 3. The lowest BCUT2D eigenvalue weighted by molar-refractivity contribution is 0.102. The van der Waals surface area contributed by atoms with Crippen molar-refractivity contribution in [2.45, 2.75) is 39.3 Å². The lowest BCUT2D eigenvalue weighted by atomic mass is 10.1. The SMILES string of the molecule is C[C@@H](Oc1cc(Cl)cnc1N)c1cccc(NC(=O)c2cnn(C(C)(C)C)c2)c1. The minimum Gasteiger partial charge on any atom is -0.482 e. The lowest BCUT2D eigenvalue weighted by Gasteiger charge is -2.18. The van der Waals surface area contributed by atoms with Gasteiger partial charge in [-0.25, -0.2) is 4.98 Å². The number of amides is 1. The molecule has 0 radical (unpaired) electrons. The van der Waals surface area contributed by atoms with Crippen LogP contribution in [0.1, 0.15) is 49.7 Å². The number of ether oxygens (including phenoxy) is 1. The normalized spacial score (nSPS) is 12.4. The van der Waals surface area contributed by atoms with Crippen LogP contribution in [0.5, 0.6) is 5.75 Å². The van der Waals surface area contributed by atoms with Gasteiger partial charge in [0.15, 0.2) is 11.6 Å². The molecule has 3 rings (SSSR count). The molecule has 7 nitrogen and oxygen atoms in total. The molecular formula is C21H24ClN5O2. The van der Waals surface area contributed by atoms with Crippen molar-refractivity contribution in [3.63, 3.8) is 0 Å². The molecule has 152 valence electrons. The summed E-state index contributed by atoms with van der Waals surface area (Å²) in [5.74, 6) is 0.449. The first-order chi connectivity index (χ1) is 13.6. The van der Waals surface area contributed by atoms with Gasteiger partial charge in [0.25, 0.3) is 5.91 Å². The molecule has 1 atom stereocenters. The molecule has 0 aliphatic rings. The fourth-order valence-corrected chi connectivity index (χ4v) is 2.81. The van der Waals surface area contributed by atoms with Crippen LogP contribution in [0, 0.1) is 0 Å². The molecule has 1 aromatic carbocycles. The average molecular weight is 414 g/mol. The third kappa shape index (κ3) is 5.06. The average Bonchev–Trinajstić information content (AvgIpc) is 3.16. The van der Waals surface area contributed by atoms with E-state index in [1.165, 1.54) is 6.20 Å². The Bertz CT molecular complexity index is 1030. The van der Waals surface area contributed by atoms with Gasteiger partial charge in [0.1, 0.15) is 6.10 Å². The maximum atomic E-state index is 12.6.